The van der Waals surface area contributed by atoms with E-state index >= 15 is 0 Å². The van der Waals surface area contributed by atoms with Gasteiger partial charge in [0, 0.05) is 19.3 Å². The first-order chi connectivity index (χ1) is 60.3. The topological polar surface area (TPSA) is 0 Å². The molecule has 45 heteroatoms. The average Bonchev–Trinajstić information content (AvgIpc) is 0.787. The summed E-state index contributed by atoms with van der Waals surface area (Å²) < 4.78 is 537. The lowest BCUT2D eigenvalue weighted by Crippen LogP contribution is -2.43. The van der Waals surface area contributed by atoms with Crippen LogP contribution in [0, 0.1) is 133 Å². The van der Waals surface area contributed by atoms with E-state index in [1.807, 2.05) is 34.6 Å². The molecule has 0 heterocycles. The Kier molecular flexibility index (Phi) is 78.1. The van der Waals surface area contributed by atoms with Gasteiger partial charge in [-0.3, -0.25) is 0 Å². The number of alkyl halides is 45. The summed E-state index contributed by atoms with van der Waals surface area (Å²) in [4.78, 5) is 0. The third-order valence-electron chi connectivity index (χ3n) is 25.5. The highest BCUT2D eigenvalue weighted by atomic mass is 19.5. The molecule has 0 amide bonds. The molecular weight excluding hydrogens is 2000 g/mol. The van der Waals surface area contributed by atoms with E-state index in [9.17, 15) is 198 Å². The molecule has 0 saturated heterocycles. The summed E-state index contributed by atoms with van der Waals surface area (Å²) in [6.07, 6.45) is -63.4. The minimum absolute atomic E-state index is 0.0658. The molecule has 0 aliphatic heterocycles. The predicted molar refractivity (Wildman–Crippen MR) is 470 cm³/mol. The molecule has 0 nitrogen and oxygen atoms in total. The third-order valence-corrected chi connectivity index (χ3v) is 25.5. The Bertz CT molecular complexity index is 2760. The summed E-state index contributed by atoms with van der Waals surface area (Å²) in [6.45, 7) is 62.9. The number of halogens is 45. The van der Waals surface area contributed by atoms with Gasteiger partial charge in [-0.05, 0) is 94.7 Å². The van der Waals surface area contributed by atoms with Crippen molar-refractivity contribution in [3.05, 3.63) is 0 Å². The highest BCUT2D eigenvalue weighted by Crippen LogP contribution is 2.53. The van der Waals surface area contributed by atoms with Gasteiger partial charge < -0.3 is 0 Å². The molecule has 0 N–H and O–H groups in total. The summed E-state index contributed by atoms with van der Waals surface area (Å²) in [6, 6.07) is 0. The smallest absolute Gasteiger partial charge is 0.171 e. The summed E-state index contributed by atoms with van der Waals surface area (Å²) in [5, 5.41) is 0. The molecule has 0 aromatic carbocycles. The van der Waals surface area contributed by atoms with Crippen LogP contribution in [0.25, 0.3) is 0 Å². The van der Waals surface area contributed by atoms with Gasteiger partial charge in [0.05, 0.1) is 45.3 Å². The Morgan fingerprint density at radius 3 is 0.600 bits per heavy atom. The van der Waals surface area contributed by atoms with Crippen LogP contribution in [-0.4, -0.2) is 92.6 Å². The first-order valence-electron chi connectivity index (χ1n) is 46.3. The maximum atomic E-state index is 12.3. The maximum absolute atomic E-state index is 12.3. The van der Waals surface area contributed by atoms with E-state index in [1.165, 1.54) is 96.9 Å². The summed E-state index contributed by atoms with van der Waals surface area (Å²) in [5.41, 5.74) is -8.41. The van der Waals surface area contributed by atoms with E-state index in [2.05, 4.69) is 0 Å². The first kappa shape index (κ1) is 165. The van der Waals surface area contributed by atoms with Crippen molar-refractivity contribution in [2.45, 2.75) is 479 Å². The van der Waals surface area contributed by atoms with Crippen molar-refractivity contribution >= 4 is 0 Å². The summed E-state index contributed by atoms with van der Waals surface area (Å²) in [5.74, 6) is -13.4. The van der Waals surface area contributed by atoms with Crippen LogP contribution in [0.3, 0.4) is 0 Å². The standard InChI is InChI=1S/4C8H15F3.2C7H10F6.7C7H13F3/c2*1-6(2,3)7(4,5)8(9,10)11;2*1-5(2)6(3)7(4)8(9,10)11;1-4(2)3-5(6(8,9)10)7(11,12)13;1-2-3-4-5(6(8,9)10)7(11,12)13;1-5(2)6(3,4)7(8,9)10;1-4-6(2,3)5-7(8,9)10;1-4-5-6(2,3)7(8,9)10;2*1-4-5(2)6(3)7(8,9)10;1-3-4-6(2)5-7(8,9)10;1-3-6(4-2)5-7(8,9)10/h2*1-5H3;2*5-7H,1-4H3;4-5H,3H2,1-2H3;5H,2-4H2,1H3;5H,1-4H3;2*4-5H2,1-3H3;2*5-6H,4H2,1-3H3;2*6H,3-5H2,1-2H3/t;;2*6-,7?;;;;;;5?,6-;5-,6?;6-;/m..11.....100./s1. The molecule has 0 rings (SSSR count). The van der Waals surface area contributed by atoms with Crippen molar-refractivity contribution in [1.82, 2.24) is 0 Å². The Morgan fingerprint density at radius 2 is 0.514 bits per heavy atom. The Labute approximate surface area is 807 Å². The normalized spacial score (nSPS) is 15.6. The molecule has 4 unspecified atom stereocenters. The molecule has 0 aliphatic rings. The van der Waals surface area contributed by atoms with Gasteiger partial charge in [0.15, 0.2) is 11.8 Å². The van der Waals surface area contributed by atoms with E-state index in [4.69, 9.17) is 0 Å². The van der Waals surface area contributed by atoms with Crippen molar-refractivity contribution in [1.29, 1.82) is 0 Å². The van der Waals surface area contributed by atoms with E-state index in [0.717, 1.165) is 6.42 Å². The van der Waals surface area contributed by atoms with Crippen LogP contribution < -0.4 is 0 Å². The first-order valence-corrected chi connectivity index (χ1v) is 46.3. The van der Waals surface area contributed by atoms with Gasteiger partial charge in [-0.25, -0.2) is 0 Å². The van der Waals surface area contributed by atoms with Gasteiger partial charge in [0.2, 0.25) is 0 Å². The van der Waals surface area contributed by atoms with E-state index < -0.39 is 204 Å². The van der Waals surface area contributed by atoms with Crippen LogP contribution in [0.2, 0.25) is 0 Å². The Morgan fingerprint density at radius 1 is 0.250 bits per heavy atom. The van der Waals surface area contributed by atoms with Crippen molar-refractivity contribution in [3.63, 3.8) is 0 Å². The maximum Gasteiger partial charge on any atom is 0.400 e. The fraction of sp³-hybridized carbons (Fsp3) is 1.00. The molecule has 140 heavy (non-hydrogen) atoms. The Balaban J connectivity index is -0.000000114. The second kappa shape index (κ2) is 66.4. The molecule has 0 spiro atoms. The molecule has 0 fully saturated rings. The Hall–Kier alpha value is -3.15. The quantitative estimate of drug-likeness (QED) is 0.0845. The molecule has 0 aliphatic carbocycles. The lowest BCUT2D eigenvalue weighted by atomic mass is 9.69. The van der Waals surface area contributed by atoms with Gasteiger partial charge in [0.25, 0.3) is 0 Å². The minimum atomic E-state index is -5.19. The fourth-order valence-corrected chi connectivity index (χ4v) is 9.46. The molecule has 0 radical (unpaired) electrons. The number of rotatable bonds is 24. The van der Waals surface area contributed by atoms with Crippen LogP contribution >= 0.6 is 0 Å². The van der Waals surface area contributed by atoms with Crippen molar-refractivity contribution in [2.75, 3.05) is 0 Å². The molecular formula is C95H171F45. The van der Waals surface area contributed by atoms with E-state index in [0.29, 0.717) is 51.4 Å². The van der Waals surface area contributed by atoms with Crippen molar-refractivity contribution in [3.8, 4) is 0 Å². The van der Waals surface area contributed by atoms with E-state index in [1.54, 1.807) is 152 Å². The SMILES string of the molecule is CC(C)(C)C(C)(C)C(F)(F)F.CC(C)(C)C(C)(C)C(F)(F)F.CC(C)C(C)(C)C(F)(F)F.CC(C)CC(C(F)(F)F)C(F)(F)F.CC(C)[C@@H](C)C(C)C(F)(F)F.CC(C)[C@@H](C)C(C)C(F)(F)F.CCC(C)(C)CC(F)(F)F.CCC(C)[C@@H](C)C(F)(F)F.CCC(CC)CC(F)(F)F.CCCC(C)(C)C(F)(F)F.CCCCC(C(F)(F)F)C(F)(F)F.CCC[C@H](C)CC(F)(F)F.CC[C@H](C)C(C)C(F)(F)F. The molecule has 866 valence electrons. The van der Waals surface area contributed by atoms with Gasteiger partial charge >= 0.3 is 92.6 Å². The minimum Gasteiger partial charge on any atom is -0.171 e. The lowest BCUT2D eigenvalue weighted by Gasteiger charge is -2.40. The summed E-state index contributed by atoms with van der Waals surface area (Å²) >= 11 is 0. The molecule has 0 saturated carbocycles. The second-order valence-corrected chi connectivity index (χ2v) is 42.1. The zero-order valence-corrected chi connectivity index (χ0v) is 89.6. The van der Waals surface area contributed by atoms with Crippen LogP contribution in [0.15, 0.2) is 0 Å². The zero-order valence-electron chi connectivity index (χ0n) is 89.6. The predicted octanol–water partition coefficient (Wildman–Crippen LogP) is 45.1. The van der Waals surface area contributed by atoms with Gasteiger partial charge in [-0.15, -0.1) is 0 Å². The molecule has 0 aromatic heterocycles. The number of hydrogen-bond acceptors (Lipinski definition) is 0. The number of hydrogen-bond donors (Lipinski definition) is 0. The highest BCUT2D eigenvalue weighted by molar-refractivity contribution is 4.90. The molecule has 0 aromatic rings. The fourth-order valence-electron chi connectivity index (χ4n) is 9.46. The number of unbranched alkanes of at least 4 members (excludes halogenated alkanes) is 1. The van der Waals surface area contributed by atoms with Crippen LogP contribution in [0.5, 0.6) is 0 Å². The second-order valence-electron chi connectivity index (χ2n) is 42.1. The van der Waals surface area contributed by atoms with Crippen LogP contribution in [0.4, 0.5) is 198 Å². The largest absolute Gasteiger partial charge is 0.400 e. The van der Waals surface area contributed by atoms with Gasteiger partial charge in [-0.2, -0.15) is 198 Å². The van der Waals surface area contributed by atoms with Gasteiger partial charge in [-0.1, -0.05) is 348 Å². The summed E-state index contributed by atoms with van der Waals surface area (Å²) in [7, 11) is 0. The molecule has 9 atom stereocenters. The van der Waals surface area contributed by atoms with Gasteiger partial charge in [0.1, 0.15) is 0 Å². The molecule has 0 bridgehead atoms. The average molecular weight is 2170 g/mol. The lowest BCUT2D eigenvalue weighted by molar-refractivity contribution is -0.288. The van der Waals surface area contributed by atoms with Crippen LogP contribution in [0.1, 0.15) is 387 Å². The van der Waals surface area contributed by atoms with Crippen molar-refractivity contribution in [2.24, 2.45) is 133 Å². The highest BCUT2D eigenvalue weighted by Gasteiger charge is 2.59. The van der Waals surface area contributed by atoms with Crippen molar-refractivity contribution < 1.29 is 198 Å². The van der Waals surface area contributed by atoms with E-state index in [-0.39, 0.29) is 66.1 Å². The third kappa shape index (κ3) is 82.8. The zero-order chi connectivity index (χ0) is 118. The monoisotopic (exact) mass is 2170 g/mol. The van der Waals surface area contributed by atoms with Crippen LogP contribution in [-0.2, 0) is 0 Å².